The van der Waals surface area contributed by atoms with Gasteiger partial charge in [0.2, 0.25) is 0 Å². The third-order valence-electron chi connectivity index (χ3n) is 4.41. The largest absolute Gasteiger partial charge is 0.390 e. The topological polar surface area (TPSA) is 93.7 Å². The van der Waals surface area contributed by atoms with E-state index in [1.807, 2.05) is 30.3 Å². The predicted octanol–water partition coefficient (Wildman–Crippen LogP) is 1.61. The SMILES string of the molecule is C[C@@H]1CO[C@H](c2ccccc2)CN1C[C@@H](O)Cn1cc([N+](=O)[O-])cn1. The van der Waals surface area contributed by atoms with E-state index >= 15 is 0 Å². The van der Waals surface area contributed by atoms with Gasteiger partial charge in [-0.25, -0.2) is 0 Å². The molecule has 3 rings (SSSR count). The molecule has 0 bridgehead atoms. The van der Waals surface area contributed by atoms with E-state index in [2.05, 4.69) is 16.9 Å². The van der Waals surface area contributed by atoms with Crippen LogP contribution in [0, 0.1) is 10.1 Å². The van der Waals surface area contributed by atoms with Crippen LogP contribution in [0.4, 0.5) is 5.69 Å². The molecule has 134 valence electrons. The summed E-state index contributed by atoms with van der Waals surface area (Å²) in [6, 6.07) is 10.2. The molecule has 1 fully saturated rings. The molecule has 1 saturated heterocycles. The van der Waals surface area contributed by atoms with Gasteiger partial charge in [-0.15, -0.1) is 0 Å². The van der Waals surface area contributed by atoms with Crippen LogP contribution in [-0.4, -0.2) is 56.6 Å². The summed E-state index contributed by atoms with van der Waals surface area (Å²) >= 11 is 0. The van der Waals surface area contributed by atoms with Crippen molar-refractivity contribution in [3.05, 3.63) is 58.4 Å². The van der Waals surface area contributed by atoms with Gasteiger partial charge in [-0.2, -0.15) is 5.10 Å². The first-order valence-electron chi connectivity index (χ1n) is 8.28. The van der Waals surface area contributed by atoms with Crippen molar-refractivity contribution in [2.75, 3.05) is 19.7 Å². The van der Waals surface area contributed by atoms with Crippen LogP contribution in [0.1, 0.15) is 18.6 Å². The summed E-state index contributed by atoms with van der Waals surface area (Å²) in [6.07, 6.45) is 1.83. The van der Waals surface area contributed by atoms with E-state index < -0.39 is 11.0 Å². The fourth-order valence-corrected chi connectivity index (χ4v) is 3.02. The van der Waals surface area contributed by atoms with Gasteiger partial charge in [-0.05, 0) is 12.5 Å². The Morgan fingerprint density at radius 1 is 1.40 bits per heavy atom. The Hall–Kier alpha value is -2.29. The number of hydrogen-bond acceptors (Lipinski definition) is 6. The smallest absolute Gasteiger partial charge is 0.306 e. The number of rotatable bonds is 6. The average molecular weight is 346 g/mol. The van der Waals surface area contributed by atoms with Crippen molar-refractivity contribution in [1.82, 2.24) is 14.7 Å². The summed E-state index contributed by atoms with van der Waals surface area (Å²) in [5.74, 6) is 0. The van der Waals surface area contributed by atoms with Gasteiger partial charge < -0.3 is 9.84 Å². The molecule has 1 aliphatic heterocycles. The molecule has 1 N–H and O–H groups in total. The molecule has 0 saturated carbocycles. The van der Waals surface area contributed by atoms with E-state index in [0.29, 0.717) is 19.7 Å². The summed E-state index contributed by atoms with van der Waals surface area (Å²) < 4.78 is 7.33. The van der Waals surface area contributed by atoms with Crippen molar-refractivity contribution < 1.29 is 14.8 Å². The molecular formula is C17H22N4O4. The zero-order valence-electron chi connectivity index (χ0n) is 14.1. The Bertz CT molecular complexity index is 706. The predicted molar refractivity (Wildman–Crippen MR) is 91.1 cm³/mol. The van der Waals surface area contributed by atoms with E-state index in [9.17, 15) is 15.2 Å². The second-order valence-corrected chi connectivity index (χ2v) is 6.37. The van der Waals surface area contributed by atoms with Crippen LogP contribution in [0.15, 0.2) is 42.7 Å². The first-order valence-corrected chi connectivity index (χ1v) is 8.28. The standard InChI is InChI=1S/C17H22N4O4/c1-13-12-25-17(14-5-3-2-4-6-14)11-19(13)9-16(22)10-20-8-15(7-18-20)21(23)24/h2-8,13,16-17,22H,9-12H2,1H3/t13-,16-,17+/m1/s1. The third kappa shape index (κ3) is 4.41. The van der Waals surface area contributed by atoms with E-state index in [-0.39, 0.29) is 24.4 Å². The van der Waals surface area contributed by atoms with Crippen LogP contribution in [0.5, 0.6) is 0 Å². The molecule has 0 aliphatic carbocycles. The average Bonchev–Trinajstić information content (AvgIpc) is 3.06. The Labute approximate surface area is 145 Å². The third-order valence-corrected chi connectivity index (χ3v) is 4.41. The summed E-state index contributed by atoms with van der Waals surface area (Å²) in [5, 5.41) is 25.0. The number of morpholine rings is 1. The number of hydrogen-bond donors (Lipinski definition) is 1. The first-order chi connectivity index (χ1) is 12.0. The molecule has 2 aromatic rings. The number of nitro groups is 1. The molecule has 1 aromatic heterocycles. The van der Waals surface area contributed by atoms with Gasteiger partial charge in [0.25, 0.3) is 0 Å². The van der Waals surface area contributed by atoms with Crippen LogP contribution in [0.25, 0.3) is 0 Å². The van der Waals surface area contributed by atoms with Gasteiger partial charge in [-0.3, -0.25) is 19.7 Å². The summed E-state index contributed by atoms with van der Waals surface area (Å²) in [7, 11) is 0. The fourth-order valence-electron chi connectivity index (χ4n) is 3.02. The molecule has 2 heterocycles. The molecule has 3 atom stereocenters. The summed E-state index contributed by atoms with van der Waals surface area (Å²) in [5.41, 5.74) is 1.05. The van der Waals surface area contributed by atoms with Gasteiger partial charge in [0.15, 0.2) is 0 Å². The number of β-amino-alcohol motifs (C(OH)–C–C–N with tert-alkyl or cyclic N) is 1. The maximum atomic E-state index is 10.7. The van der Waals surface area contributed by atoms with Crippen LogP contribution in [0.3, 0.4) is 0 Å². The Morgan fingerprint density at radius 2 is 2.16 bits per heavy atom. The second-order valence-electron chi connectivity index (χ2n) is 6.37. The van der Waals surface area contributed by atoms with E-state index in [1.54, 1.807) is 0 Å². The van der Waals surface area contributed by atoms with Crippen molar-refractivity contribution in [1.29, 1.82) is 0 Å². The van der Waals surface area contributed by atoms with Crippen molar-refractivity contribution in [3.8, 4) is 0 Å². The van der Waals surface area contributed by atoms with E-state index in [4.69, 9.17) is 4.74 Å². The highest BCUT2D eigenvalue weighted by molar-refractivity contribution is 5.20. The monoisotopic (exact) mass is 346 g/mol. The molecule has 1 aromatic carbocycles. The number of aliphatic hydroxyl groups excluding tert-OH is 1. The Morgan fingerprint density at radius 3 is 2.84 bits per heavy atom. The van der Waals surface area contributed by atoms with Crippen molar-refractivity contribution >= 4 is 5.69 Å². The van der Waals surface area contributed by atoms with Gasteiger partial charge in [0.05, 0.1) is 30.3 Å². The molecule has 0 spiro atoms. The van der Waals surface area contributed by atoms with Crippen LogP contribution in [0.2, 0.25) is 0 Å². The highest BCUT2D eigenvalue weighted by Gasteiger charge is 2.28. The zero-order chi connectivity index (χ0) is 17.8. The summed E-state index contributed by atoms with van der Waals surface area (Å²) in [6.45, 7) is 4.03. The molecular weight excluding hydrogens is 324 g/mol. The van der Waals surface area contributed by atoms with Gasteiger partial charge >= 0.3 is 5.69 Å². The lowest BCUT2D eigenvalue weighted by Gasteiger charge is -2.39. The second kappa shape index (κ2) is 7.73. The normalized spacial score (nSPS) is 22.6. The minimum absolute atomic E-state index is 0.0182. The minimum atomic E-state index is -0.670. The highest BCUT2D eigenvalue weighted by Crippen LogP contribution is 2.24. The van der Waals surface area contributed by atoms with Gasteiger partial charge in [-0.1, -0.05) is 30.3 Å². The lowest BCUT2D eigenvalue weighted by atomic mass is 10.1. The number of benzene rings is 1. The highest BCUT2D eigenvalue weighted by atomic mass is 16.6. The van der Waals surface area contributed by atoms with Crippen LogP contribution in [-0.2, 0) is 11.3 Å². The fraction of sp³-hybridized carbons (Fsp3) is 0.471. The minimum Gasteiger partial charge on any atom is -0.390 e. The van der Waals surface area contributed by atoms with E-state index in [1.165, 1.54) is 17.1 Å². The number of aromatic nitrogens is 2. The lowest BCUT2D eigenvalue weighted by molar-refractivity contribution is -0.385. The van der Waals surface area contributed by atoms with E-state index in [0.717, 1.165) is 5.56 Å². The first kappa shape index (κ1) is 17.5. The van der Waals surface area contributed by atoms with Gasteiger partial charge in [0.1, 0.15) is 12.4 Å². The maximum Gasteiger partial charge on any atom is 0.306 e. The maximum absolute atomic E-state index is 10.7. The van der Waals surface area contributed by atoms with Crippen molar-refractivity contribution in [2.45, 2.75) is 31.7 Å². The quantitative estimate of drug-likeness (QED) is 0.631. The van der Waals surface area contributed by atoms with Crippen molar-refractivity contribution in [3.63, 3.8) is 0 Å². The molecule has 0 amide bonds. The molecule has 25 heavy (non-hydrogen) atoms. The molecule has 1 aliphatic rings. The Balaban J connectivity index is 1.58. The van der Waals surface area contributed by atoms with Crippen LogP contribution >= 0.6 is 0 Å². The summed E-state index contributed by atoms with van der Waals surface area (Å²) in [4.78, 5) is 12.4. The number of ether oxygens (including phenoxy) is 1. The molecule has 8 heteroatoms. The number of aliphatic hydroxyl groups is 1. The Kier molecular flexibility index (Phi) is 5.42. The van der Waals surface area contributed by atoms with Crippen molar-refractivity contribution in [2.24, 2.45) is 0 Å². The zero-order valence-corrected chi connectivity index (χ0v) is 14.1. The van der Waals surface area contributed by atoms with Gasteiger partial charge in [0, 0.05) is 19.1 Å². The molecule has 0 unspecified atom stereocenters. The number of nitrogens with zero attached hydrogens (tertiary/aromatic N) is 4. The molecule has 0 radical (unpaired) electrons. The lowest BCUT2D eigenvalue weighted by Crippen LogP contribution is -2.48. The molecule has 8 nitrogen and oxygen atoms in total. The van der Waals surface area contributed by atoms with Crippen LogP contribution < -0.4 is 0 Å².